The van der Waals surface area contributed by atoms with E-state index in [1.807, 2.05) is 48.7 Å². The SMILES string of the molecule is Cc1cc(NCCCN(C)C)n2nc(C)c(-c3ccc(Cl)cc3)c2n1. The number of rotatable bonds is 6. The van der Waals surface area contributed by atoms with E-state index < -0.39 is 0 Å². The number of anilines is 1. The third-order valence-electron chi connectivity index (χ3n) is 4.11. The largest absolute Gasteiger partial charge is 0.370 e. The molecule has 2 heterocycles. The molecule has 0 atom stereocenters. The van der Waals surface area contributed by atoms with E-state index >= 15 is 0 Å². The van der Waals surface area contributed by atoms with Crippen LogP contribution in [0, 0.1) is 13.8 Å². The van der Waals surface area contributed by atoms with Crippen molar-refractivity contribution in [2.75, 3.05) is 32.5 Å². The van der Waals surface area contributed by atoms with Crippen LogP contribution in [0.1, 0.15) is 17.8 Å². The van der Waals surface area contributed by atoms with Crippen LogP contribution in [0.25, 0.3) is 16.8 Å². The Kier molecular flexibility index (Phi) is 5.25. The third kappa shape index (κ3) is 3.94. The van der Waals surface area contributed by atoms with Gasteiger partial charge in [-0.15, -0.1) is 0 Å². The molecule has 0 radical (unpaired) electrons. The van der Waals surface area contributed by atoms with Crippen molar-refractivity contribution in [3.8, 4) is 11.1 Å². The Morgan fingerprint density at radius 3 is 2.56 bits per heavy atom. The topological polar surface area (TPSA) is 45.5 Å². The molecule has 0 aliphatic rings. The number of fused-ring (bicyclic) bond motifs is 1. The number of aryl methyl sites for hydroxylation is 2. The Balaban J connectivity index is 1.98. The second-order valence-electron chi connectivity index (χ2n) is 6.57. The van der Waals surface area contributed by atoms with Crippen molar-refractivity contribution in [3.05, 3.63) is 46.7 Å². The summed E-state index contributed by atoms with van der Waals surface area (Å²) in [6.45, 7) is 5.98. The van der Waals surface area contributed by atoms with Gasteiger partial charge in [0.05, 0.1) is 5.69 Å². The van der Waals surface area contributed by atoms with E-state index in [-0.39, 0.29) is 0 Å². The molecule has 6 heteroatoms. The fourth-order valence-electron chi connectivity index (χ4n) is 2.94. The fourth-order valence-corrected chi connectivity index (χ4v) is 3.06. The van der Waals surface area contributed by atoms with Crippen LogP contribution < -0.4 is 5.32 Å². The quantitative estimate of drug-likeness (QED) is 0.676. The van der Waals surface area contributed by atoms with Gasteiger partial charge >= 0.3 is 0 Å². The van der Waals surface area contributed by atoms with Gasteiger partial charge in [-0.2, -0.15) is 9.61 Å². The first kappa shape index (κ1) is 17.7. The molecule has 0 saturated carbocycles. The maximum Gasteiger partial charge on any atom is 0.165 e. The van der Waals surface area contributed by atoms with Crippen LogP contribution in [-0.4, -0.2) is 46.7 Å². The Bertz CT molecular complexity index is 868. The molecule has 0 unspecified atom stereocenters. The summed E-state index contributed by atoms with van der Waals surface area (Å²) >= 11 is 6.02. The van der Waals surface area contributed by atoms with E-state index in [1.165, 1.54) is 0 Å². The molecule has 0 fully saturated rings. The molecule has 1 N–H and O–H groups in total. The predicted octanol–water partition coefficient (Wildman–Crippen LogP) is 4.03. The molecular formula is C19H24ClN5. The van der Waals surface area contributed by atoms with Gasteiger partial charge in [0.25, 0.3) is 0 Å². The van der Waals surface area contributed by atoms with E-state index in [0.29, 0.717) is 0 Å². The van der Waals surface area contributed by atoms with Gasteiger partial charge in [-0.25, -0.2) is 4.98 Å². The second-order valence-corrected chi connectivity index (χ2v) is 7.01. The monoisotopic (exact) mass is 357 g/mol. The second kappa shape index (κ2) is 7.42. The van der Waals surface area contributed by atoms with Crippen LogP contribution in [0.5, 0.6) is 0 Å². The van der Waals surface area contributed by atoms with Gasteiger partial charge in [0.1, 0.15) is 5.82 Å². The van der Waals surface area contributed by atoms with Crippen LogP contribution in [-0.2, 0) is 0 Å². The van der Waals surface area contributed by atoms with E-state index in [4.69, 9.17) is 21.7 Å². The zero-order valence-electron chi connectivity index (χ0n) is 15.2. The Morgan fingerprint density at radius 1 is 1.16 bits per heavy atom. The number of hydrogen-bond donors (Lipinski definition) is 1. The molecule has 0 saturated heterocycles. The summed E-state index contributed by atoms with van der Waals surface area (Å²) in [6.07, 6.45) is 1.07. The first-order chi connectivity index (χ1) is 12.0. The number of benzene rings is 1. The van der Waals surface area contributed by atoms with E-state index in [9.17, 15) is 0 Å². The van der Waals surface area contributed by atoms with Gasteiger partial charge in [-0.3, -0.25) is 0 Å². The van der Waals surface area contributed by atoms with Crippen LogP contribution in [0.4, 0.5) is 5.82 Å². The predicted molar refractivity (Wildman–Crippen MR) is 105 cm³/mol. The minimum atomic E-state index is 0.727. The highest BCUT2D eigenvalue weighted by Gasteiger charge is 2.15. The summed E-state index contributed by atoms with van der Waals surface area (Å²) in [6, 6.07) is 9.87. The average Bonchev–Trinajstić information content (AvgIpc) is 2.88. The summed E-state index contributed by atoms with van der Waals surface area (Å²) in [4.78, 5) is 6.92. The van der Waals surface area contributed by atoms with Crippen molar-refractivity contribution in [1.29, 1.82) is 0 Å². The lowest BCUT2D eigenvalue weighted by Crippen LogP contribution is -2.17. The van der Waals surface area contributed by atoms with Crippen molar-refractivity contribution in [3.63, 3.8) is 0 Å². The van der Waals surface area contributed by atoms with Gasteiger partial charge in [-0.1, -0.05) is 23.7 Å². The molecule has 1 aromatic carbocycles. The lowest BCUT2D eigenvalue weighted by molar-refractivity contribution is 0.405. The molecule has 0 amide bonds. The average molecular weight is 358 g/mol. The highest BCUT2D eigenvalue weighted by atomic mass is 35.5. The maximum absolute atomic E-state index is 6.02. The Hall–Kier alpha value is -2.11. The number of hydrogen-bond acceptors (Lipinski definition) is 4. The minimum Gasteiger partial charge on any atom is -0.370 e. The highest BCUT2D eigenvalue weighted by molar-refractivity contribution is 6.30. The van der Waals surface area contributed by atoms with Crippen LogP contribution in [0.3, 0.4) is 0 Å². The molecule has 0 aliphatic carbocycles. The highest BCUT2D eigenvalue weighted by Crippen LogP contribution is 2.30. The first-order valence-corrected chi connectivity index (χ1v) is 8.85. The lowest BCUT2D eigenvalue weighted by Gasteiger charge is -2.12. The van der Waals surface area contributed by atoms with E-state index in [1.54, 1.807) is 0 Å². The van der Waals surface area contributed by atoms with Gasteiger partial charge in [0.2, 0.25) is 0 Å². The number of nitrogens with zero attached hydrogens (tertiary/aromatic N) is 4. The molecule has 5 nitrogen and oxygen atoms in total. The van der Waals surface area contributed by atoms with E-state index in [2.05, 4.69) is 24.3 Å². The summed E-state index contributed by atoms with van der Waals surface area (Å²) in [7, 11) is 4.17. The molecule has 0 aliphatic heterocycles. The molecule has 0 spiro atoms. The van der Waals surface area contributed by atoms with Crippen molar-refractivity contribution >= 4 is 23.1 Å². The molecule has 0 bridgehead atoms. The van der Waals surface area contributed by atoms with E-state index in [0.717, 1.165) is 58.5 Å². The fraction of sp³-hybridized carbons (Fsp3) is 0.368. The normalized spacial score (nSPS) is 11.4. The lowest BCUT2D eigenvalue weighted by atomic mass is 10.1. The summed E-state index contributed by atoms with van der Waals surface area (Å²) < 4.78 is 1.90. The molecule has 3 rings (SSSR count). The zero-order chi connectivity index (χ0) is 18.0. The standard InChI is InChI=1S/C19H24ClN5/c1-13-12-17(21-10-5-11-24(3)4)25-19(22-13)18(14(2)23-25)15-6-8-16(20)9-7-15/h6-9,12,21H,5,10-11H2,1-4H3. The van der Waals surface area contributed by atoms with Crippen molar-refractivity contribution in [1.82, 2.24) is 19.5 Å². The zero-order valence-corrected chi connectivity index (χ0v) is 15.9. The Labute approximate surface area is 153 Å². The van der Waals surface area contributed by atoms with Crippen molar-refractivity contribution < 1.29 is 0 Å². The molecular weight excluding hydrogens is 334 g/mol. The summed E-state index contributed by atoms with van der Waals surface area (Å²) in [5.74, 6) is 0.976. The smallest absolute Gasteiger partial charge is 0.165 e. The van der Waals surface area contributed by atoms with Gasteiger partial charge in [0.15, 0.2) is 5.65 Å². The summed E-state index contributed by atoms with van der Waals surface area (Å²) in [5, 5.41) is 8.94. The number of nitrogens with one attached hydrogen (secondary N) is 1. The van der Waals surface area contributed by atoms with Gasteiger partial charge < -0.3 is 10.2 Å². The van der Waals surface area contributed by atoms with Crippen molar-refractivity contribution in [2.45, 2.75) is 20.3 Å². The van der Waals surface area contributed by atoms with Crippen LogP contribution >= 0.6 is 11.6 Å². The molecule has 132 valence electrons. The Morgan fingerprint density at radius 2 is 1.88 bits per heavy atom. The summed E-state index contributed by atoms with van der Waals surface area (Å²) in [5.41, 5.74) is 4.93. The van der Waals surface area contributed by atoms with Gasteiger partial charge in [-0.05, 0) is 58.6 Å². The maximum atomic E-state index is 6.02. The van der Waals surface area contributed by atoms with Crippen LogP contribution in [0.15, 0.2) is 30.3 Å². The molecule has 3 aromatic rings. The van der Waals surface area contributed by atoms with Crippen molar-refractivity contribution in [2.24, 2.45) is 0 Å². The van der Waals surface area contributed by atoms with Gasteiger partial charge in [0, 0.05) is 28.9 Å². The first-order valence-electron chi connectivity index (χ1n) is 8.47. The number of aromatic nitrogens is 3. The third-order valence-corrected chi connectivity index (χ3v) is 4.37. The molecule has 25 heavy (non-hydrogen) atoms. The van der Waals surface area contributed by atoms with Crippen LogP contribution in [0.2, 0.25) is 5.02 Å². The minimum absolute atomic E-state index is 0.727. The number of halogens is 1. The molecule has 2 aromatic heterocycles.